The zero-order valence-electron chi connectivity index (χ0n) is 18.2. The molecule has 0 saturated carbocycles. The van der Waals surface area contributed by atoms with Gasteiger partial charge in [0.25, 0.3) is 5.91 Å². The Morgan fingerprint density at radius 3 is 2.00 bits per heavy atom. The summed E-state index contributed by atoms with van der Waals surface area (Å²) in [6.45, 7) is -0.214. The summed E-state index contributed by atoms with van der Waals surface area (Å²) < 4.78 is 5.67. The number of amides is 2. The highest BCUT2D eigenvalue weighted by Crippen LogP contribution is 2.25. The van der Waals surface area contributed by atoms with Gasteiger partial charge in [-0.25, -0.2) is 0 Å². The largest absolute Gasteiger partial charge is 0.483 e. The second-order valence-electron chi connectivity index (χ2n) is 7.51. The molecule has 0 radical (unpaired) electrons. The highest BCUT2D eigenvalue weighted by atomic mass is 32.1. The summed E-state index contributed by atoms with van der Waals surface area (Å²) in [5, 5.41) is 4.58. The van der Waals surface area contributed by atoms with Crippen LogP contribution in [0.5, 0.6) is 5.75 Å². The Bertz CT molecular complexity index is 1250. The summed E-state index contributed by atoms with van der Waals surface area (Å²) in [5.41, 5.74) is 6.69. The van der Waals surface area contributed by atoms with Crippen molar-refractivity contribution in [2.75, 3.05) is 6.61 Å². The minimum atomic E-state index is -0.549. The van der Waals surface area contributed by atoms with Crippen LogP contribution in [-0.4, -0.2) is 23.5 Å². The molecule has 0 aliphatic rings. The first-order valence-corrected chi connectivity index (χ1v) is 11.1. The number of ether oxygens (including phenoxy) is 1. The standard InChI is InChI=1S/C27H23N3O3S/c31-24(18-33-23-17-9-15-19-10-7-8-16-22(19)23)29-30-27(34)28-26(32)25(20-11-3-1-4-12-20)21-13-5-2-6-14-21/h1-17,25H,18H2,(H,29,31)(H2,28,30,32,34). The fourth-order valence-electron chi connectivity index (χ4n) is 3.63. The van der Waals surface area contributed by atoms with Crippen LogP contribution in [-0.2, 0) is 9.59 Å². The molecule has 3 N–H and O–H groups in total. The SMILES string of the molecule is O=C(COc1cccc2ccccc12)NNC(=S)NC(=O)C(c1ccccc1)c1ccccc1. The van der Waals surface area contributed by atoms with Crippen molar-refractivity contribution in [3.63, 3.8) is 0 Å². The second kappa shape index (κ2) is 11.1. The van der Waals surface area contributed by atoms with E-state index in [2.05, 4.69) is 16.2 Å². The molecule has 0 aromatic heterocycles. The molecule has 4 aromatic carbocycles. The molecule has 0 fully saturated rings. The highest BCUT2D eigenvalue weighted by molar-refractivity contribution is 7.80. The first-order chi connectivity index (χ1) is 16.6. The number of carbonyl (C=O) groups excluding carboxylic acids is 2. The number of hydrogen-bond acceptors (Lipinski definition) is 4. The van der Waals surface area contributed by atoms with E-state index in [0.29, 0.717) is 5.75 Å². The summed E-state index contributed by atoms with van der Waals surface area (Å²) >= 11 is 5.21. The Labute approximate surface area is 202 Å². The number of fused-ring (bicyclic) bond motifs is 1. The van der Waals surface area contributed by atoms with E-state index in [1.165, 1.54) is 0 Å². The average molecular weight is 470 g/mol. The van der Waals surface area contributed by atoms with E-state index < -0.39 is 11.8 Å². The first kappa shape index (κ1) is 22.9. The molecule has 4 aromatic rings. The maximum atomic E-state index is 13.1. The lowest BCUT2D eigenvalue weighted by Crippen LogP contribution is -2.50. The molecule has 0 aliphatic heterocycles. The van der Waals surface area contributed by atoms with Crippen LogP contribution < -0.4 is 20.9 Å². The number of nitrogens with one attached hydrogen (secondary N) is 3. The van der Waals surface area contributed by atoms with Crippen LogP contribution >= 0.6 is 12.2 Å². The number of hydrogen-bond donors (Lipinski definition) is 3. The molecule has 4 rings (SSSR count). The van der Waals surface area contributed by atoms with Crippen molar-refractivity contribution in [3.8, 4) is 5.75 Å². The number of carbonyl (C=O) groups is 2. The van der Waals surface area contributed by atoms with Gasteiger partial charge >= 0.3 is 0 Å². The lowest BCUT2D eigenvalue weighted by atomic mass is 9.90. The maximum Gasteiger partial charge on any atom is 0.276 e. The Kier molecular flexibility index (Phi) is 7.47. The van der Waals surface area contributed by atoms with Crippen LogP contribution in [0, 0.1) is 0 Å². The smallest absolute Gasteiger partial charge is 0.276 e. The molecule has 0 heterocycles. The lowest BCUT2D eigenvalue weighted by Gasteiger charge is -2.19. The minimum Gasteiger partial charge on any atom is -0.483 e. The van der Waals surface area contributed by atoms with Gasteiger partial charge in [-0.1, -0.05) is 97.1 Å². The molecule has 0 aliphatic carbocycles. The van der Waals surface area contributed by atoms with Crippen molar-refractivity contribution in [1.82, 2.24) is 16.2 Å². The fourth-order valence-corrected chi connectivity index (χ4v) is 3.78. The number of thiocarbonyl (C=S) groups is 1. The van der Waals surface area contributed by atoms with Crippen molar-refractivity contribution < 1.29 is 14.3 Å². The van der Waals surface area contributed by atoms with E-state index in [1.807, 2.05) is 97.1 Å². The topological polar surface area (TPSA) is 79.5 Å². The third kappa shape index (κ3) is 5.76. The molecular formula is C27H23N3O3S. The molecule has 34 heavy (non-hydrogen) atoms. The molecule has 0 unspecified atom stereocenters. The predicted molar refractivity (Wildman–Crippen MR) is 136 cm³/mol. The molecule has 6 nitrogen and oxygen atoms in total. The van der Waals surface area contributed by atoms with Crippen LogP contribution in [0.15, 0.2) is 103 Å². The van der Waals surface area contributed by atoms with Crippen molar-refractivity contribution in [1.29, 1.82) is 0 Å². The van der Waals surface area contributed by atoms with E-state index >= 15 is 0 Å². The van der Waals surface area contributed by atoms with Gasteiger partial charge in [0.2, 0.25) is 5.91 Å². The average Bonchev–Trinajstić information content (AvgIpc) is 2.87. The first-order valence-electron chi connectivity index (χ1n) is 10.7. The van der Waals surface area contributed by atoms with Crippen molar-refractivity contribution >= 4 is 39.9 Å². The van der Waals surface area contributed by atoms with Gasteiger partial charge < -0.3 is 10.1 Å². The van der Waals surface area contributed by atoms with Gasteiger partial charge in [0, 0.05) is 5.39 Å². The summed E-state index contributed by atoms with van der Waals surface area (Å²) in [4.78, 5) is 25.3. The van der Waals surface area contributed by atoms with Crippen LogP contribution in [0.4, 0.5) is 0 Å². The molecule has 0 saturated heterocycles. The second-order valence-corrected chi connectivity index (χ2v) is 7.92. The Hall–Kier alpha value is -4.23. The molecule has 2 amide bonds. The quantitative estimate of drug-likeness (QED) is 0.293. The highest BCUT2D eigenvalue weighted by Gasteiger charge is 2.23. The van der Waals surface area contributed by atoms with Gasteiger partial charge in [-0.3, -0.25) is 20.4 Å². The molecule has 0 bridgehead atoms. The Morgan fingerprint density at radius 1 is 0.735 bits per heavy atom. The van der Waals surface area contributed by atoms with Gasteiger partial charge in [-0.15, -0.1) is 0 Å². The summed E-state index contributed by atoms with van der Waals surface area (Å²) in [6.07, 6.45) is 0. The fraction of sp³-hybridized carbons (Fsp3) is 0.0741. The van der Waals surface area contributed by atoms with E-state index in [-0.39, 0.29) is 17.6 Å². The molecule has 7 heteroatoms. The summed E-state index contributed by atoms with van der Waals surface area (Å²) in [6, 6.07) is 32.3. The summed E-state index contributed by atoms with van der Waals surface area (Å²) in [5.74, 6) is -0.686. The normalized spacial score (nSPS) is 10.5. The van der Waals surface area contributed by atoms with Crippen molar-refractivity contribution in [3.05, 3.63) is 114 Å². The van der Waals surface area contributed by atoms with E-state index in [4.69, 9.17) is 17.0 Å². The minimum absolute atomic E-state index is 0.0135. The van der Waals surface area contributed by atoms with E-state index in [9.17, 15) is 9.59 Å². The van der Waals surface area contributed by atoms with Crippen molar-refractivity contribution in [2.24, 2.45) is 0 Å². The zero-order valence-corrected chi connectivity index (χ0v) is 19.0. The van der Waals surface area contributed by atoms with Crippen LogP contribution in [0.1, 0.15) is 17.0 Å². The predicted octanol–water partition coefficient (Wildman–Crippen LogP) is 4.07. The molecule has 0 atom stereocenters. The number of benzene rings is 4. The van der Waals surface area contributed by atoms with E-state index in [0.717, 1.165) is 21.9 Å². The van der Waals surface area contributed by atoms with Crippen LogP contribution in [0.2, 0.25) is 0 Å². The molecule has 0 spiro atoms. The monoisotopic (exact) mass is 469 g/mol. The third-order valence-corrected chi connectivity index (χ3v) is 5.39. The van der Waals surface area contributed by atoms with Gasteiger partial charge in [0.15, 0.2) is 11.7 Å². The van der Waals surface area contributed by atoms with Gasteiger partial charge in [0.1, 0.15) is 5.75 Å². The Balaban J connectivity index is 1.32. The number of hydrazine groups is 1. The van der Waals surface area contributed by atoms with Crippen LogP contribution in [0.3, 0.4) is 0 Å². The molecule has 170 valence electrons. The van der Waals surface area contributed by atoms with Crippen LogP contribution in [0.25, 0.3) is 10.8 Å². The zero-order chi connectivity index (χ0) is 23.8. The summed E-state index contributed by atoms with van der Waals surface area (Å²) in [7, 11) is 0. The maximum absolute atomic E-state index is 13.1. The third-order valence-electron chi connectivity index (χ3n) is 5.19. The Morgan fingerprint density at radius 2 is 1.32 bits per heavy atom. The van der Waals surface area contributed by atoms with Gasteiger partial charge in [-0.2, -0.15) is 0 Å². The van der Waals surface area contributed by atoms with E-state index in [1.54, 1.807) is 6.07 Å². The van der Waals surface area contributed by atoms with Gasteiger partial charge in [-0.05, 0) is 34.8 Å². The van der Waals surface area contributed by atoms with Gasteiger partial charge in [0.05, 0.1) is 5.92 Å². The lowest BCUT2D eigenvalue weighted by molar-refractivity contribution is -0.124. The number of rotatable bonds is 6. The molecular weight excluding hydrogens is 446 g/mol. The van der Waals surface area contributed by atoms with Crippen molar-refractivity contribution in [2.45, 2.75) is 5.92 Å².